The van der Waals surface area contributed by atoms with Crippen molar-refractivity contribution in [2.45, 2.75) is 0 Å². The van der Waals surface area contributed by atoms with Crippen LogP contribution in [0.3, 0.4) is 0 Å². The molecule has 0 aliphatic rings. The second-order valence-electron chi connectivity index (χ2n) is 0. The minimum absolute atomic E-state index is 0. The summed E-state index contributed by atoms with van der Waals surface area (Å²) in [5.41, 5.74) is 0. The van der Waals surface area contributed by atoms with E-state index in [1.54, 1.807) is 0 Å². The van der Waals surface area contributed by atoms with Crippen LogP contribution in [0.4, 0.5) is 0 Å². The quantitative estimate of drug-likeness (QED) is 0.377. The first-order chi connectivity index (χ1) is 0. The van der Waals surface area contributed by atoms with Gasteiger partial charge in [0.25, 0.3) is 0 Å². The van der Waals surface area contributed by atoms with Gasteiger partial charge in [-0.25, -0.2) is 0 Å². The van der Waals surface area contributed by atoms with Gasteiger partial charge in [0, 0.05) is 81.2 Å². The zero-order valence-corrected chi connectivity index (χ0v) is 7.76. The summed E-state index contributed by atoms with van der Waals surface area (Å²) in [5, 5.41) is 0. The van der Waals surface area contributed by atoms with Gasteiger partial charge in [0.05, 0.1) is 0 Å². The molecule has 13 radical (unpaired) electrons. The van der Waals surface area contributed by atoms with Crippen molar-refractivity contribution in [2.24, 2.45) is 0 Å². The second kappa shape index (κ2) is 33.3. The molecule has 0 fully saturated rings. The Morgan fingerprint density at radius 2 is 0.600 bits per heavy atom. The van der Waals surface area contributed by atoms with E-state index in [0.717, 1.165) is 0 Å². The molecule has 0 aromatic rings. The summed E-state index contributed by atoms with van der Waals surface area (Å²) >= 11 is 0. The molecule has 0 heterocycles. The van der Waals surface area contributed by atoms with Gasteiger partial charge < -0.3 is 0 Å². The average Bonchev–Trinajstić information content (AvgIpc) is 0. The third-order valence-electron chi connectivity index (χ3n) is 0. The van der Waals surface area contributed by atoms with Gasteiger partial charge in [0.15, 0.2) is 0 Å². The van der Waals surface area contributed by atoms with Crippen LogP contribution in [-0.4, -0.2) is 52.1 Å². The molecule has 0 nitrogen and oxygen atoms in total. The van der Waals surface area contributed by atoms with E-state index in [2.05, 4.69) is 0 Å². The van der Waals surface area contributed by atoms with Crippen LogP contribution in [0.1, 0.15) is 0 Å². The Morgan fingerprint density at radius 1 is 0.600 bits per heavy atom. The van der Waals surface area contributed by atoms with Gasteiger partial charge in [-0.1, -0.05) is 0 Å². The van der Waals surface area contributed by atoms with Crippen molar-refractivity contribution in [2.75, 3.05) is 0 Å². The molecule has 0 aliphatic carbocycles. The molecule has 0 unspecified atom stereocenters. The Bertz CT molecular complexity index is 6.85. The monoisotopic (exact) mass is 141 g/mol. The molecule has 0 saturated carbocycles. The van der Waals surface area contributed by atoms with Gasteiger partial charge in [-0.05, 0) is 0 Å². The van der Waals surface area contributed by atoms with E-state index in [4.69, 9.17) is 0 Å². The van der Waals surface area contributed by atoms with E-state index in [-0.39, 0.29) is 81.2 Å². The van der Waals surface area contributed by atoms with Crippen molar-refractivity contribution in [1.82, 2.24) is 0 Å². The predicted molar refractivity (Wildman–Crippen MR) is 20.5 cm³/mol. The van der Waals surface area contributed by atoms with Crippen LogP contribution in [0.5, 0.6) is 0 Å². The van der Waals surface area contributed by atoms with Crippen molar-refractivity contribution in [3.05, 3.63) is 7.43 Å². The van der Waals surface area contributed by atoms with E-state index in [1.807, 2.05) is 0 Å². The molecular formula is CAl3Ti. The van der Waals surface area contributed by atoms with Gasteiger partial charge >= 0.3 is 0 Å². The van der Waals surface area contributed by atoms with Gasteiger partial charge in [0.2, 0.25) is 0 Å². The molecule has 0 saturated heterocycles. The Balaban J connectivity index is 0. The largest absolute Gasteiger partial charge is 0 e. The molecule has 5 heavy (non-hydrogen) atoms. The van der Waals surface area contributed by atoms with Crippen LogP contribution in [0, 0.1) is 7.43 Å². The maximum absolute atomic E-state index is 0. The van der Waals surface area contributed by atoms with E-state index in [1.165, 1.54) is 0 Å². The van der Waals surface area contributed by atoms with Gasteiger partial charge in [-0.3, -0.25) is 0 Å². The van der Waals surface area contributed by atoms with Crippen molar-refractivity contribution in [1.29, 1.82) is 0 Å². The Labute approximate surface area is 80.4 Å². The number of rotatable bonds is 0. The molecule has 0 amide bonds. The summed E-state index contributed by atoms with van der Waals surface area (Å²) in [7, 11) is 0. The average molecular weight is 141 g/mol. The summed E-state index contributed by atoms with van der Waals surface area (Å²) in [4.78, 5) is 0. The van der Waals surface area contributed by atoms with Crippen molar-refractivity contribution in [3.63, 3.8) is 0 Å². The fourth-order valence-corrected chi connectivity index (χ4v) is 0. The molecule has 0 rings (SSSR count). The molecule has 0 aromatic heterocycles. The molecule has 0 N–H and O–H groups in total. The smallest absolute Gasteiger partial charge is 0 e. The second-order valence-corrected chi connectivity index (χ2v) is 0. The maximum atomic E-state index is 0. The van der Waals surface area contributed by atoms with E-state index in [9.17, 15) is 0 Å². The summed E-state index contributed by atoms with van der Waals surface area (Å²) in [6, 6.07) is 0. The third-order valence-corrected chi connectivity index (χ3v) is 0. The van der Waals surface area contributed by atoms with Gasteiger partial charge in [-0.15, -0.1) is 0 Å². The Hall–Kier alpha value is 2.31. The van der Waals surface area contributed by atoms with Crippen molar-refractivity contribution in [3.8, 4) is 0 Å². The SMILES string of the molecule is [Al].[Al].[Al].[C].[Ti]. The fourth-order valence-electron chi connectivity index (χ4n) is 0. The van der Waals surface area contributed by atoms with Crippen LogP contribution in [-0.2, 0) is 21.7 Å². The van der Waals surface area contributed by atoms with Crippen molar-refractivity contribution >= 4 is 52.1 Å². The van der Waals surface area contributed by atoms with E-state index >= 15 is 0 Å². The van der Waals surface area contributed by atoms with Gasteiger partial charge in [-0.2, -0.15) is 0 Å². The zero-order chi connectivity index (χ0) is 0. The first-order valence-corrected chi connectivity index (χ1v) is 0. The summed E-state index contributed by atoms with van der Waals surface area (Å²) < 4.78 is 0. The number of hydrogen-bond acceptors (Lipinski definition) is 0. The minimum Gasteiger partial charge on any atom is 0 e. The van der Waals surface area contributed by atoms with E-state index in [0.29, 0.717) is 0 Å². The molecular weight excluding hydrogens is 141 g/mol. The first-order valence-electron chi connectivity index (χ1n) is 0. The maximum Gasteiger partial charge on any atom is 0 e. The molecule has 17 valence electrons. The topological polar surface area (TPSA) is 0 Å². The van der Waals surface area contributed by atoms with Crippen LogP contribution >= 0.6 is 0 Å². The zero-order valence-electron chi connectivity index (χ0n) is 2.73. The fraction of sp³-hybridized carbons (Fsp3) is 0. The van der Waals surface area contributed by atoms with Crippen LogP contribution in [0.2, 0.25) is 0 Å². The standard InChI is InChI=1S/C.3Al.Ti. The summed E-state index contributed by atoms with van der Waals surface area (Å²) in [6.07, 6.45) is 0. The molecule has 0 spiro atoms. The Morgan fingerprint density at radius 3 is 0.600 bits per heavy atom. The molecule has 0 bridgehead atoms. The van der Waals surface area contributed by atoms with Crippen LogP contribution in [0.15, 0.2) is 0 Å². The molecule has 0 aliphatic heterocycles. The minimum atomic E-state index is 0. The van der Waals surface area contributed by atoms with Crippen LogP contribution in [0.25, 0.3) is 0 Å². The normalized spacial score (nSPS) is 0. The van der Waals surface area contributed by atoms with Crippen molar-refractivity contribution < 1.29 is 21.7 Å². The first kappa shape index (κ1) is 54.5. The molecule has 4 heteroatoms. The van der Waals surface area contributed by atoms with E-state index < -0.39 is 0 Å². The van der Waals surface area contributed by atoms with Crippen LogP contribution < -0.4 is 0 Å². The summed E-state index contributed by atoms with van der Waals surface area (Å²) in [5.74, 6) is 0. The molecule has 0 aromatic carbocycles. The predicted octanol–water partition coefficient (Wildman–Crippen LogP) is -1.06. The Kier molecular flexibility index (Phi) is 363. The summed E-state index contributed by atoms with van der Waals surface area (Å²) in [6.45, 7) is 0. The number of hydrogen-bond donors (Lipinski definition) is 0. The van der Waals surface area contributed by atoms with Gasteiger partial charge in [0.1, 0.15) is 0 Å². The molecule has 0 atom stereocenters. The third kappa shape index (κ3) is 22.0.